The molecule has 1 aliphatic rings. The summed E-state index contributed by atoms with van der Waals surface area (Å²) in [6.07, 6.45) is 1.26. The van der Waals surface area contributed by atoms with Crippen LogP contribution in [0.4, 0.5) is 13.6 Å². The molecule has 0 aliphatic carbocycles. The fourth-order valence-electron chi connectivity index (χ4n) is 1.98. The van der Waals surface area contributed by atoms with E-state index in [1.54, 1.807) is 4.72 Å². The van der Waals surface area contributed by atoms with Gasteiger partial charge in [-0.05, 0) is 12.1 Å². The minimum Gasteiger partial charge on any atom is -0.482 e. The van der Waals surface area contributed by atoms with Crippen LogP contribution in [0.15, 0.2) is 46.1 Å². The zero-order chi connectivity index (χ0) is 20.9. The number of methoxy groups -OCH3 is 2. The highest BCUT2D eigenvalue weighted by molar-refractivity contribution is 7.90. The molecular formula is C14H15ClF2N4O6S. The number of hydrogen-bond acceptors (Lipinski definition) is 8. The second-order valence-corrected chi connectivity index (χ2v) is 7.19. The number of sulfonamides is 1. The van der Waals surface area contributed by atoms with E-state index in [9.17, 15) is 22.0 Å². The van der Waals surface area contributed by atoms with Gasteiger partial charge in [0.2, 0.25) is 5.96 Å². The van der Waals surface area contributed by atoms with Crippen LogP contribution in [0.2, 0.25) is 0 Å². The molecule has 154 valence electrons. The molecular weight excluding hydrogens is 426 g/mol. The highest BCUT2D eigenvalue weighted by Gasteiger charge is 2.31. The van der Waals surface area contributed by atoms with E-state index in [0.29, 0.717) is 0 Å². The first-order valence-corrected chi connectivity index (χ1v) is 9.20. The highest BCUT2D eigenvalue weighted by Crippen LogP contribution is 2.25. The largest absolute Gasteiger partial charge is 0.482 e. The number of carbonyl (C=O) groups is 1. The number of carbonyl (C=O) groups excluding carboxylic acids is 1. The first kappa shape index (κ1) is 21.7. The van der Waals surface area contributed by atoms with Gasteiger partial charge in [-0.3, -0.25) is 10.6 Å². The van der Waals surface area contributed by atoms with Crippen molar-refractivity contribution in [2.24, 2.45) is 4.99 Å². The van der Waals surface area contributed by atoms with E-state index in [1.165, 1.54) is 32.4 Å². The molecule has 2 rings (SSSR count). The summed E-state index contributed by atoms with van der Waals surface area (Å²) in [5.41, 5.74) is 0. The van der Waals surface area contributed by atoms with Gasteiger partial charge in [0.15, 0.2) is 5.88 Å². The second kappa shape index (κ2) is 8.58. The summed E-state index contributed by atoms with van der Waals surface area (Å²) in [7, 11) is -2.00. The van der Waals surface area contributed by atoms with Gasteiger partial charge >= 0.3 is 12.6 Å². The van der Waals surface area contributed by atoms with Crippen LogP contribution >= 0.6 is 11.6 Å². The van der Waals surface area contributed by atoms with Gasteiger partial charge in [0.25, 0.3) is 15.2 Å². The number of rotatable bonds is 6. The maximum atomic E-state index is 12.5. The zero-order valence-corrected chi connectivity index (χ0v) is 16.0. The Morgan fingerprint density at radius 1 is 1.32 bits per heavy atom. The third-order valence-electron chi connectivity index (χ3n) is 3.13. The Kier molecular flexibility index (Phi) is 6.64. The minimum absolute atomic E-state index is 0.0701. The Balaban J connectivity index is 2.17. The van der Waals surface area contributed by atoms with Crippen molar-refractivity contribution in [3.63, 3.8) is 0 Å². The summed E-state index contributed by atoms with van der Waals surface area (Å²) >= 11 is 6.03. The quantitative estimate of drug-likeness (QED) is 0.449. The van der Waals surface area contributed by atoms with E-state index in [1.807, 2.05) is 0 Å². The van der Waals surface area contributed by atoms with E-state index in [4.69, 9.17) is 21.1 Å². The molecule has 2 amide bonds. The Morgan fingerprint density at radius 2 is 2.00 bits per heavy atom. The summed E-state index contributed by atoms with van der Waals surface area (Å²) in [5, 5.41) is 2.92. The molecule has 14 heteroatoms. The molecule has 1 aromatic carbocycles. The third-order valence-corrected chi connectivity index (χ3v) is 4.85. The maximum Gasteiger partial charge on any atom is 0.387 e. The molecule has 0 saturated carbocycles. The number of alkyl halides is 3. The summed E-state index contributed by atoms with van der Waals surface area (Å²) in [6, 6.07) is 3.31. The van der Waals surface area contributed by atoms with E-state index >= 15 is 0 Å². The van der Waals surface area contributed by atoms with Crippen molar-refractivity contribution in [3.05, 3.63) is 36.2 Å². The first-order chi connectivity index (χ1) is 13.1. The smallest absolute Gasteiger partial charge is 0.387 e. The molecule has 0 fully saturated rings. The lowest BCUT2D eigenvalue weighted by Crippen LogP contribution is -2.50. The van der Waals surface area contributed by atoms with Gasteiger partial charge in [0.1, 0.15) is 10.6 Å². The van der Waals surface area contributed by atoms with Crippen molar-refractivity contribution >= 4 is 33.6 Å². The highest BCUT2D eigenvalue weighted by atomic mass is 35.5. The molecule has 0 saturated heterocycles. The topological polar surface area (TPSA) is 127 Å². The molecule has 0 aromatic heterocycles. The van der Waals surface area contributed by atoms with E-state index in [0.717, 1.165) is 12.1 Å². The number of ether oxygens (including phenoxy) is 3. The van der Waals surface area contributed by atoms with Crippen molar-refractivity contribution in [3.8, 4) is 5.75 Å². The number of amides is 2. The number of hydrogen-bond donors (Lipinski definition) is 3. The van der Waals surface area contributed by atoms with Gasteiger partial charge in [-0.15, -0.1) is 0 Å². The maximum absolute atomic E-state index is 12.5. The van der Waals surface area contributed by atoms with Gasteiger partial charge in [0, 0.05) is 13.2 Å². The van der Waals surface area contributed by atoms with Crippen molar-refractivity contribution < 1.29 is 36.2 Å². The molecule has 1 aliphatic heterocycles. The number of nitrogens with zero attached hydrogens (tertiary/aromatic N) is 1. The van der Waals surface area contributed by atoms with Crippen LogP contribution in [0.1, 0.15) is 0 Å². The Labute approximate surface area is 163 Å². The average Bonchev–Trinajstić information content (AvgIpc) is 2.60. The molecule has 28 heavy (non-hydrogen) atoms. The summed E-state index contributed by atoms with van der Waals surface area (Å²) < 4.78 is 65.3. The van der Waals surface area contributed by atoms with Crippen LogP contribution in [-0.2, 0) is 19.5 Å². The van der Waals surface area contributed by atoms with E-state index in [-0.39, 0.29) is 11.8 Å². The summed E-state index contributed by atoms with van der Waals surface area (Å²) in [5.74, 6) is -0.851. The lowest BCUT2D eigenvalue weighted by molar-refractivity contribution is -0.0517. The first-order valence-electron chi connectivity index (χ1n) is 7.34. The molecule has 0 bridgehead atoms. The average molecular weight is 441 g/mol. The van der Waals surface area contributed by atoms with Crippen LogP contribution in [0.25, 0.3) is 0 Å². The third kappa shape index (κ3) is 5.43. The lowest BCUT2D eigenvalue weighted by Gasteiger charge is -2.25. The second-order valence-electron chi connectivity index (χ2n) is 5.00. The predicted octanol–water partition coefficient (Wildman–Crippen LogP) is 1.26. The van der Waals surface area contributed by atoms with Crippen molar-refractivity contribution in [2.75, 3.05) is 14.2 Å². The van der Waals surface area contributed by atoms with Gasteiger partial charge in [0.05, 0.1) is 7.11 Å². The monoisotopic (exact) mass is 440 g/mol. The van der Waals surface area contributed by atoms with Crippen molar-refractivity contribution in [1.29, 1.82) is 0 Å². The number of halogens is 3. The fourth-order valence-corrected chi connectivity index (χ4v) is 3.20. The predicted molar refractivity (Wildman–Crippen MR) is 93.2 cm³/mol. The van der Waals surface area contributed by atoms with E-state index in [2.05, 4.69) is 20.4 Å². The Morgan fingerprint density at radius 3 is 2.61 bits per heavy atom. The van der Waals surface area contributed by atoms with Gasteiger partial charge < -0.3 is 14.2 Å². The van der Waals surface area contributed by atoms with Gasteiger partial charge in [-0.2, -0.15) is 13.8 Å². The summed E-state index contributed by atoms with van der Waals surface area (Å²) in [6.45, 7) is -3.25. The van der Waals surface area contributed by atoms with Crippen molar-refractivity contribution in [1.82, 2.24) is 15.4 Å². The number of nitrogens with one attached hydrogen (secondary N) is 3. The standard InChI is InChI=1S/C14H15ClF2N4O6S/c1-25-10-7-14(15,26-2)20-12(18-10)19-13(22)21-28(23,24)9-6-4-3-5-8(9)27-11(16)17/h3-7,11H,1-2H3,(H3,18,19,20,21,22). The molecule has 1 atom stereocenters. The van der Waals surface area contributed by atoms with Crippen LogP contribution in [0.5, 0.6) is 5.75 Å². The molecule has 3 N–H and O–H groups in total. The normalized spacial score (nSPS) is 19.2. The fraction of sp³-hybridized carbons (Fsp3) is 0.286. The molecule has 0 spiro atoms. The van der Waals surface area contributed by atoms with Gasteiger partial charge in [-0.1, -0.05) is 23.7 Å². The molecule has 1 aromatic rings. The number of urea groups is 1. The molecule has 1 unspecified atom stereocenters. The molecule has 1 heterocycles. The lowest BCUT2D eigenvalue weighted by atomic mass is 10.3. The van der Waals surface area contributed by atoms with Crippen LogP contribution in [0, 0.1) is 0 Å². The molecule has 0 radical (unpaired) electrons. The van der Waals surface area contributed by atoms with Crippen LogP contribution in [0.3, 0.4) is 0 Å². The number of para-hydroxylation sites is 1. The van der Waals surface area contributed by atoms with Gasteiger partial charge in [-0.25, -0.2) is 17.9 Å². The van der Waals surface area contributed by atoms with E-state index < -0.39 is 38.5 Å². The Bertz CT molecular complexity index is 911. The zero-order valence-electron chi connectivity index (χ0n) is 14.4. The summed E-state index contributed by atoms with van der Waals surface area (Å²) in [4.78, 5) is 15.2. The minimum atomic E-state index is -4.55. The number of aliphatic imine (C=N–C) groups is 1. The molecule has 10 nitrogen and oxygen atoms in total. The number of guanidine groups is 1. The van der Waals surface area contributed by atoms with Crippen LogP contribution in [-0.4, -0.2) is 46.4 Å². The number of benzene rings is 1. The van der Waals surface area contributed by atoms with Crippen LogP contribution < -0.4 is 20.1 Å². The Hall–Kier alpha value is -2.64. The SMILES string of the molecule is COC1=CC(Cl)(OC)N=C(NC(=O)NS(=O)(=O)c2ccccc2OC(F)F)N1. The van der Waals surface area contributed by atoms with Crippen molar-refractivity contribution in [2.45, 2.75) is 16.7 Å².